The summed E-state index contributed by atoms with van der Waals surface area (Å²) >= 11 is 0. The molecule has 0 N–H and O–H groups in total. The van der Waals surface area contributed by atoms with Gasteiger partial charge in [-0.1, -0.05) is 0 Å². The Bertz CT molecular complexity index is 334. The number of halogens is 4. The van der Waals surface area contributed by atoms with Crippen molar-refractivity contribution in [2.75, 3.05) is 48.3 Å². The second-order valence-corrected chi connectivity index (χ2v) is 4.72. The summed E-state index contributed by atoms with van der Waals surface area (Å²) in [5.74, 6) is -3.78. The number of ether oxygens (including phenoxy) is 1. The van der Waals surface area contributed by atoms with Gasteiger partial charge in [-0.05, 0) is 14.1 Å². The molecule has 0 amide bonds. The molecule has 0 radical (unpaired) electrons. The Morgan fingerprint density at radius 2 is 1.59 bits per heavy atom. The molecule has 0 aromatic rings. The highest BCUT2D eigenvalue weighted by molar-refractivity contribution is 5.75. The van der Waals surface area contributed by atoms with Crippen molar-refractivity contribution in [1.29, 1.82) is 0 Å². The van der Waals surface area contributed by atoms with Gasteiger partial charge in [0, 0.05) is 0 Å². The van der Waals surface area contributed by atoms with Gasteiger partial charge in [-0.2, -0.15) is 13.2 Å². The normalized spacial score (nSPS) is 10.8. The van der Waals surface area contributed by atoms with Crippen molar-refractivity contribution in [3.8, 4) is 0 Å². The lowest BCUT2D eigenvalue weighted by Crippen LogP contribution is -2.50. The molecule has 0 aromatic carbocycles. The van der Waals surface area contributed by atoms with Crippen LogP contribution in [0.5, 0.6) is 0 Å². The van der Waals surface area contributed by atoms with Gasteiger partial charge in [-0.25, -0.2) is 9.18 Å². The maximum absolute atomic E-state index is 11.7. The fourth-order valence-corrected chi connectivity index (χ4v) is 0.710. The van der Waals surface area contributed by atoms with Gasteiger partial charge in [-0.3, -0.25) is 9.38 Å². The zero-order valence-electron chi connectivity index (χ0n) is 13.1. The van der Waals surface area contributed by atoms with Crippen LogP contribution >= 0.6 is 0 Å². The number of rotatable bonds is 5. The lowest BCUT2D eigenvalue weighted by atomic mass is 10.5. The molecule has 0 saturated heterocycles. The highest BCUT2D eigenvalue weighted by Crippen LogP contribution is 2.16. The number of carboxylic acid groups (broad SMARTS) is 1. The van der Waals surface area contributed by atoms with E-state index in [1.165, 1.54) is 19.0 Å². The molecule has 0 atom stereocenters. The third kappa shape index (κ3) is 18.3. The Morgan fingerprint density at radius 1 is 1.23 bits per heavy atom. The van der Waals surface area contributed by atoms with Crippen molar-refractivity contribution >= 4 is 11.9 Å². The molecule has 0 heterocycles. The number of nitrogens with zero attached hydrogens (tertiary/aromatic N) is 2. The molecule has 0 aliphatic rings. The van der Waals surface area contributed by atoms with Crippen LogP contribution in [0, 0.1) is 0 Å². The summed E-state index contributed by atoms with van der Waals surface area (Å²) in [6, 6.07) is 0. The van der Waals surface area contributed by atoms with E-state index in [0.29, 0.717) is 0 Å². The van der Waals surface area contributed by atoms with Crippen LogP contribution in [-0.2, 0) is 14.3 Å². The zero-order chi connectivity index (χ0) is 18.6. The highest BCUT2D eigenvalue weighted by atomic mass is 19.4. The van der Waals surface area contributed by atoms with Gasteiger partial charge < -0.3 is 14.6 Å². The van der Waals surface area contributed by atoms with Gasteiger partial charge in [0.25, 0.3) is 0 Å². The molecule has 22 heavy (non-hydrogen) atoms. The van der Waals surface area contributed by atoms with Gasteiger partial charge in [0.05, 0.1) is 20.1 Å². The summed E-state index contributed by atoms with van der Waals surface area (Å²) in [6.45, 7) is 4.40. The van der Waals surface area contributed by atoms with Gasteiger partial charge >= 0.3 is 12.1 Å². The molecule has 0 saturated carbocycles. The number of esters is 1. The smallest absolute Gasteiger partial charge is 0.491 e. The second-order valence-electron chi connectivity index (χ2n) is 4.72. The number of alkyl halides is 4. The first-order valence-electron chi connectivity index (χ1n) is 5.78. The first-order chi connectivity index (χ1) is 9.81. The van der Waals surface area contributed by atoms with E-state index in [1.54, 1.807) is 14.1 Å². The van der Waals surface area contributed by atoms with E-state index >= 15 is 0 Å². The minimum atomic E-state index is -5.07. The van der Waals surface area contributed by atoms with Crippen molar-refractivity contribution in [1.82, 2.24) is 4.90 Å². The van der Waals surface area contributed by atoms with Crippen LogP contribution in [0.1, 0.15) is 0 Å². The molecular formula is C12H22F4N2O4. The van der Waals surface area contributed by atoms with Crippen LogP contribution < -0.4 is 5.11 Å². The summed E-state index contributed by atoms with van der Waals surface area (Å²) < 4.78 is 49.5. The zero-order valence-corrected chi connectivity index (χ0v) is 13.1. The Labute approximate surface area is 127 Å². The Balaban J connectivity index is -0.000000434. The van der Waals surface area contributed by atoms with E-state index in [-0.39, 0.29) is 6.80 Å². The van der Waals surface area contributed by atoms with E-state index < -0.39 is 35.9 Å². The topological polar surface area (TPSA) is 69.7 Å². The largest absolute Gasteiger partial charge is 0.544 e. The number of hydrogen-bond donors (Lipinski definition) is 0. The van der Waals surface area contributed by atoms with Crippen molar-refractivity contribution in [2.45, 2.75) is 6.18 Å². The van der Waals surface area contributed by atoms with E-state index in [1.807, 2.05) is 0 Å². The summed E-state index contributed by atoms with van der Waals surface area (Å²) in [6.07, 6.45) is -5.07. The third-order valence-electron chi connectivity index (χ3n) is 1.57. The number of carbonyl (C=O) groups excluding carboxylic acids is 2. The summed E-state index contributed by atoms with van der Waals surface area (Å²) in [4.78, 5) is 21.9. The average molecular weight is 334 g/mol. The maximum Gasteiger partial charge on any atom is 0.491 e. The Kier molecular flexibility index (Phi) is 13.7. The van der Waals surface area contributed by atoms with Crippen molar-refractivity contribution in [2.24, 2.45) is 0 Å². The standard InChI is InChI=1S/C7H10F3NO4.C3H8FN.C2H4/c1-11(2,3-5(12)13)4-15-6(14)7(8,9)10;1-5(2)3-4;1-2/h3-4H2,1-2H3;3H2,1-2H3;1-2H2. The molecule has 0 fully saturated rings. The number of hydrogen-bond acceptors (Lipinski definition) is 5. The molecule has 0 unspecified atom stereocenters. The molecule has 132 valence electrons. The minimum absolute atomic E-state index is 0.361. The lowest BCUT2D eigenvalue weighted by molar-refractivity contribution is -0.902. The van der Waals surface area contributed by atoms with Gasteiger partial charge in [0.2, 0.25) is 6.73 Å². The van der Waals surface area contributed by atoms with E-state index in [2.05, 4.69) is 17.9 Å². The third-order valence-corrected chi connectivity index (χ3v) is 1.57. The fourth-order valence-electron chi connectivity index (χ4n) is 0.710. The molecule has 0 aliphatic carbocycles. The van der Waals surface area contributed by atoms with Gasteiger partial charge in [0.1, 0.15) is 13.3 Å². The molecule has 10 heteroatoms. The number of likely N-dealkylation sites (N-methyl/N-ethyl adjacent to an activating group) is 1. The summed E-state index contributed by atoms with van der Waals surface area (Å²) in [5, 5.41) is 10.2. The quantitative estimate of drug-likeness (QED) is 0.179. The predicted octanol–water partition coefficient (Wildman–Crippen LogP) is 0.153. The highest BCUT2D eigenvalue weighted by Gasteiger charge is 2.42. The molecule has 0 bridgehead atoms. The van der Waals surface area contributed by atoms with Crippen LogP contribution in [0.3, 0.4) is 0 Å². The maximum atomic E-state index is 11.7. The average Bonchev–Trinajstić information content (AvgIpc) is 2.36. The number of carbonyl (C=O) groups is 2. The van der Waals surface area contributed by atoms with Gasteiger partial charge in [0.15, 0.2) is 0 Å². The fraction of sp³-hybridized carbons (Fsp3) is 0.667. The number of aliphatic carboxylic acids is 1. The van der Waals surface area contributed by atoms with Crippen molar-refractivity contribution in [3.63, 3.8) is 0 Å². The second kappa shape index (κ2) is 11.9. The van der Waals surface area contributed by atoms with Crippen LogP contribution in [0.4, 0.5) is 17.6 Å². The molecule has 0 aromatic heterocycles. The molecule has 6 nitrogen and oxygen atoms in total. The van der Waals surface area contributed by atoms with Crippen LogP contribution in [0.2, 0.25) is 0 Å². The van der Waals surface area contributed by atoms with E-state index in [0.717, 1.165) is 0 Å². The van der Waals surface area contributed by atoms with Crippen LogP contribution in [0.25, 0.3) is 0 Å². The molecule has 0 aliphatic heterocycles. The predicted molar refractivity (Wildman–Crippen MR) is 69.9 cm³/mol. The summed E-state index contributed by atoms with van der Waals surface area (Å²) in [5.41, 5.74) is 0. The van der Waals surface area contributed by atoms with Crippen LogP contribution in [-0.4, -0.2) is 75.8 Å². The van der Waals surface area contributed by atoms with Crippen molar-refractivity contribution < 1.29 is 41.5 Å². The van der Waals surface area contributed by atoms with Crippen molar-refractivity contribution in [3.05, 3.63) is 13.2 Å². The first-order valence-corrected chi connectivity index (χ1v) is 5.78. The Hall–Kier alpha value is -1.68. The summed E-state index contributed by atoms with van der Waals surface area (Å²) in [7, 11) is 5.94. The molecular weight excluding hydrogens is 312 g/mol. The monoisotopic (exact) mass is 334 g/mol. The number of carboxylic acids is 1. The minimum Gasteiger partial charge on any atom is -0.544 e. The SMILES string of the molecule is C=C.CN(C)CF.C[N+](C)(COC(=O)C(F)(F)F)CC(=O)[O-]. The number of quaternary nitrogens is 1. The Morgan fingerprint density at radius 3 is 1.82 bits per heavy atom. The lowest BCUT2D eigenvalue weighted by Gasteiger charge is -2.28. The molecule has 0 rings (SSSR count). The van der Waals surface area contributed by atoms with E-state index in [9.17, 15) is 32.3 Å². The van der Waals surface area contributed by atoms with E-state index in [4.69, 9.17) is 0 Å². The van der Waals surface area contributed by atoms with Gasteiger partial charge in [-0.15, -0.1) is 13.2 Å². The van der Waals surface area contributed by atoms with Crippen LogP contribution in [0.15, 0.2) is 13.2 Å². The first kappa shape index (κ1) is 25.3. The molecule has 0 spiro atoms.